The summed E-state index contributed by atoms with van der Waals surface area (Å²) in [5.41, 5.74) is 0.957. The van der Waals surface area contributed by atoms with Crippen molar-refractivity contribution >= 4 is 5.91 Å². The summed E-state index contributed by atoms with van der Waals surface area (Å²) in [6, 6.07) is 10.5. The molecule has 0 saturated heterocycles. The molecule has 0 spiro atoms. The molecule has 1 heterocycles. The Labute approximate surface area is 117 Å². The molecule has 0 radical (unpaired) electrons. The van der Waals surface area contributed by atoms with E-state index in [-0.39, 0.29) is 5.69 Å². The first-order chi connectivity index (χ1) is 9.74. The lowest BCUT2D eigenvalue weighted by Crippen LogP contribution is -2.27. The number of nitrogens with one attached hydrogen (secondary N) is 1. The monoisotopic (exact) mass is 269 g/mol. The van der Waals surface area contributed by atoms with Crippen molar-refractivity contribution < 1.29 is 4.79 Å². The van der Waals surface area contributed by atoms with E-state index >= 15 is 0 Å². The van der Waals surface area contributed by atoms with Crippen LogP contribution in [-0.2, 0) is 6.54 Å². The minimum absolute atomic E-state index is 0.217. The van der Waals surface area contributed by atoms with Crippen LogP contribution in [0.1, 0.15) is 35.4 Å². The molecule has 2 aromatic rings. The number of rotatable bonds is 5. The van der Waals surface area contributed by atoms with Crippen molar-refractivity contribution in [1.29, 1.82) is 5.26 Å². The Morgan fingerprint density at radius 1 is 1.45 bits per heavy atom. The van der Waals surface area contributed by atoms with Gasteiger partial charge in [-0.25, -0.2) is 0 Å². The summed E-state index contributed by atoms with van der Waals surface area (Å²) in [6.45, 7) is 2.73. The van der Waals surface area contributed by atoms with Gasteiger partial charge in [0, 0.05) is 6.54 Å². The third-order valence-electron chi connectivity index (χ3n) is 2.76. The zero-order valence-corrected chi connectivity index (χ0v) is 11.2. The third-order valence-corrected chi connectivity index (χ3v) is 2.76. The molecular weight excluding hydrogens is 254 g/mol. The maximum atomic E-state index is 12.0. The summed E-state index contributed by atoms with van der Waals surface area (Å²) in [7, 11) is 0. The molecule has 1 aromatic carbocycles. The van der Waals surface area contributed by atoms with Crippen LogP contribution in [0.3, 0.4) is 0 Å². The molecule has 0 aliphatic heterocycles. The first-order valence-electron chi connectivity index (χ1n) is 6.40. The van der Waals surface area contributed by atoms with Crippen molar-refractivity contribution in [2.24, 2.45) is 0 Å². The highest BCUT2D eigenvalue weighted by molar-refractivity contribution is 5.92. The van der Waals surface area contributed by atoms with Gasteiger partial charge in [-0.1, -0.05) is 42.5 Å². The van der Waals surface area contributed by atoms with Crippen LogP contribution in [0, 0.1) is 11.3 Å². The topological polar surface area (TPSA) is 83.6 Å². The molecule has 1 atom stereocenters. The Morgan fingerprint density at radius 2 is 2.20 bits per heavy atom. The Hall–Kier alpha value is -2.68. The number of benzene rings is 1. The Bertz CT molecular complexity index is 614. The number of aryl methyl sites for hydroxylation is 1. The van der Waals surface area contributed by atoms with Crippen molar-refractivity contribution in [2.75, 3.05) is 0 Å². The fourth-order valence-corrected chi connectivity index (χ4v) is 1.78. The van der Waals surface area contributed by atoms with Crippen LogP contribution >= 0.6 is 0 Å². The number of carbonyl (C=O) groups excluding carboxylic acids is 1. The normalized spacial score (nSPS) is 11.6. The van der Waals surface area contributed by atoms with Crippen LogP contribution in [0.2, 0.25) is 0 Å². The first-order valence-corrected chi connectivity index (χ1v) is 6.40. The van der Waals surface area contributed by atoms with Gasteiger partial charge in [-0.15, -0.1) is 5.10 Å². The van der Waals surface area contributed by atoms with E-state index in [2.05, 4.69) is 21.7 Å². The van der Waals surface area contributed by atoms with Crippen molar-refractivity contribution in [3.8, 4) is 6.07 Å². The largest absolute Gasteiger partial charge is 0.331 e. The molecule has 20 heavy (non-hydrogen) atoms. The average molecular weight is 269 g/mol. The molecule has 1 aromatic heterocycles. The summed E-state index contributed by atoms with van der Waals surface area (Å²) >= 11 is 0. The summed E-state index contributed by atoms with van der Waals surface area (Å²) < 4.78 is 1.61. The molecule has 0 aliphatic rings. The second-order valence-corrected chi connectivity index (χ2v) is 4.31. The van der Waals surface area contributed by atoms with E-state index in [4.69, 9.17) is 5.26 Å². The molecule has 0 fully saturated rings. The molecule has 0 bridgehead atoms. The lowest BCUT2D eigenvalue weighted by molar-refractivity contribution is 0.0940. The van der Waals surface area contributed by atoms with Gasteiger partial charge in [0.25, 0.3) is 5.91 Å². The molecule has 1 N–H and O–H groups in total. The van der Waals surface area contributed by atoms with Crippen molar-refractivity contribution in [3.63, 3.8) is 0 Å². The summed E-state index contributed by atoms with van der Waals surface area (Å²) in [5.74, 6) is -0.400. The van der Waals surface area contributed by atoms with Crippen LogP contribution in [-0.4, -0.2) is 20.9 Å². The van der Waals surface area contributed by atoms with Gasteiger partial charge in [0.2, 0.25) is 0 Å². The minimum atomic E-state index is -0.694. The van der Waals surface area contributed by atoms with Crippen LogP contribution in [0.4, 0.5) is 0 Å². The Kier molecular flexibility index (Phi) is 4.45. The molecule has 6 heteroatoms. The van der Waals surface area contributed by atoms with Gasteiger partial charge in [0.05, 0.1) is 12.3 Å². The molecule has 0 saturated carbocycles. The quantitative estimate of drug-likeness (QED) is 0.895. The van der Waals surface area contributed by atoms with E-state index in [1.807, 2.05) is 25.1 Å². The van der Waals surface area contributed by atoms with Gasteiger partial charge >= 0.3 is 0 Å². The van der Waals surface area contributed by atoms with E-state index < -0.39 is 11.9 Å². The maximum Gasteiger partial charge on any atom is 0.274 e. The number of nitriles is 1. The Balaban J connectivity index is 2.08. The van der Waals surface area contributed by atoms with Gasteiger partial charge in [0.15, 0.2) is 5.69 Å². The molecule has 0 aliphatic carbocycles. The second kappa shape index (κ2) is 6.48. The number of aromatic nitrogens is 3. The first kappa shape index (κ1) is 13.7. The van der Waals surface area contributed by atoms with E-state index in [1.165, 1.54) is 0 Å². The predicted octanol–water partition coefficient (Wildman–Crippen LogP) is 1.68. The molecule has 1 amide bonds. The van der Waals surface area contributed by atoms with Crippen molar-refractivity contribution in [2.45, 2.75) is 25.9 Å². The van der Waals surface area contributed by atoms with Gasteiger partial charge in [-0.3, -0.25) is 9.48 Å². The number of carbonyl (C=O) groups is 1. The molecule has 102 valence electrons. The van der Waals surface area contributed by atoms with Crippen LogP contribution in [0.25, 0.3) is 0 Å². The van der Waals surface area contributed by atoms with E-state index in [0.717, 1.165) is 12.0 Å². The zero-order chi connectivity index (χ0) is 14.4. The number of nitrogens with zero attached hydrogens (tertiary/aromatic N) is 4. The minimum Gasteiger partial charge on any atom is -0.331 e. The van der Waals surface area contributed by atoms with Crippen molar-refractivity contribution in [3.05, 3.63) is 47.8 Å². The number of amides is 1. The lowest BCUT2D eigenvalue weighted by Gasteiger charge is -2.10. The Morgan fingerprint density at radius 3 is 2.85 bits per heavy atom. The zero-order valence-electron chi connectivity index (χ0n) is 11.2. The average Bonchev–Trinajstić information content (AvgIpc) is 2.94. The molecule has 1 unspecified atom stereocenters. The SMILES string of the molecule is CCCn1cc(C(=O)NC(C#N)c2ccccc2)nn1. The second-order valence-electron chi connectivity index (χ2n) is 4.31. The standard InChI is InChI=1S/C14H15N5O/c1-2-8-19-10-13(17-18-19)14(20)16-12(9-15)11-6-4-3-5-7-11/h3-7,10,12H,2,8H2,1H3,(H,16,20). The summed E-state index contributed by atoms with van der Waals surface area (Å²) in [6.07, 6.45) is 2.49. The van der Waals surface area contributed by atoms with Crippen LogP contribution < -0.4 is 5.32 Å². The summed E-state index contributed by atoms with van der Waals surface area (Å²) in [4.78, 5) is 12.0. The molecular formula is C14H15N5O. The fraction of sp³-hybridized carbons (Fsp3) is 0.286. The van der Waals surface area contributed by atoms with E-state index in [1.54, 1.807) is 23.0 Å². The smallest absolute Gasteiger partial charge is 0.274 e. The van der Waals surface area contributed by atoms with Crippen LogP contribution in [0.15, 0.2) is 36.5 Å². The third kappa shape index (κ3) is 3.20. The van der Waals surface area contributed by atoms with Gasteiger partial charge < -0.3 is 5.32 Å². The molecule has 6 nitrogen and oxygen atoms in total. The van der Waals surface area contributed by atoms with E-state index in [9.17, 15) is 4.79 Å². The molecule has 2 rings (SSSR count). The maximum absolute atomic E-state index is 12.0. The number of hydrogen-bond donors (Lipinski definition) is 1. The van der Waals surface area contributed by atoms with E-state index in [0.29, 0.717) is 6.54 Å². The van der Waals surface area contributed by atoms with Gasteiger partial charge in [-0.2, -0.15) is 5.26 Å². The predicted molar refractivity (Wildman–Crippen MR) is 72.6 cm³/mol. The summed E-state index contributed by atoms with van der Waals surface area (Å²) in [5, 5.41) is 19.5. The number of hydrogen-bond acceptors (Lipinski definition) is 4. The highest BCUT2D eigenvalue weighted by Crippen LogP contribution is 2.11. The lowest BCUT2D eigenvalue weighted by atomic mass is 10.1. The van der Waals surface area contributed by atoms with Gasteiger partial charge in [-0.05, 0) is 12.0 Å². The van der Waals surface area contributed by atoms with Crippen LogP contribution in [0.5, 0.6) is 0 Å². The fourth-order valence-electron chi connectivity index (χ4n) is 1.78. The highest BCUT2D eigenvalue weighted by Gasteiger charge is 2.17. The van der Waals surface area contributed by atoms with Crippen molar-refractivity contribution in [1.82, 2.24) is 20.3 Å². The van der Waals surface area contributed by atoms with Gasteiger partial charge in [0.1, 0.15) is 6.04 Å². The highest BCUT2D eigenvalue weighted by atomic mass is 16.2.